The maximum Gasteiger partial charge on any atom is 0.211 e. The summed E-state index contributed by atoms with van der Waals surface area (Å²) >= 11 is 0. The summed E-state index contributed by atoms with van der Waals surface area (Å²) in [4.78, 5) is 12.7. The van der Waals surface area contributed by atoms with Crippen LogP contribution in [0.4, 0.5) is 5.82 Å². The zero-order valence-electron chi connectivity index (χ0n) is 14.0. The van der Waals surface area contributed by atoms with Crippen LogP contribution in [0.15, 0.2) is 48.4 Å². The highest BCUT2D eigenvalue weighted by molar-refractivity contribution is 5.82. The summed E-state index contributed by atoms with van der Waals surface area (Å²) in [7, 11) is 0. The Labute approximate surface area is 153 Å². The second kappa shape index (κ2) is 6.74. The van der Waals surface area contributed by atoms with Gasteiger partial charge in [0.05, 0.1) is 0 Å². The van der Waals surface area contributed by atoms with E-state index in [9.17, 15) is 20.4 Å². The van der Waals surface area contributed by atoms with E-state index in [4.69, 9.17) is 4.74 Å². The highest BCUT2D eigenvalue weighted by Crippen LogP contribution is 2.33. The Bertz CT molecular complexity index is 1000. The van der Waals surface area contributed by atoms with E-state index in [2.05, 4.69) is 20.3 Å². The van der Waals surface area contributed by atoms with E-state index in [0.717, 1.165) is 5.56 Å². The zero-order valence-corrected chi connectivity index (χ0v) is 14.0. The number of phenolic OH excluding ortho intramolecular Hbond substituents is 1. The lowest BCUT2D eigenvalue weighted by Gasteiger charge is -2.17. The fourth-order valence-electron chi connectivity index (χ4n) is 2.86. The van der Waals surface area contributed by atoms with Crippen LogP contribution in [0.3, 0.4) is 0 Å². The van der Waals surface area contributed by atoms with Gasteiger partial charge in [-0.1, -0.05) is 12.1 Å². The minimum absolute atomic E-state index is 0.0888. The van der Waals surface area contributed by atoms with Gasteiger partial charge in [0.15, 0.2) is 34.6 Å². The number of ether oxygens (including phenoxy) is 1. The van der Waals surface area contributed by atoms with E-state index >= 15 is 0 Å². The Balaban J connectivity index is 1.60. The number of aliphatic hydroxyl groups excluding tert-OH is 3. The lowest BCUT2D eigenvalue weighted by atomic mass is 10.2. The molecule has 2 atom stereocenters. The number of hydrogen-bond acceptors (Lipinski definition) is 9. The number of imidazole rings is 1. The Hall–Kier alpha value is -3.37. The van der Waals surface area contributed by atoms with Crippen LogP contribution in [-0.4, -0.2) is 52.7 Å². The van der Waals surface area contributed by atoms with Crippen LogP contribution in [-0.2, 0) is 11.3 Å². The highest BCUT2D eigenvalue weighted by Gasteiger charge is 2.37. The molecule has 1 unspecified atom stereocenters. The van der Waals surface area contributed by atoms with Crippen LogP contribution >= 0.6 is 0 Å². The zero-order chi connectivity index (χ0) is 19.0. The third-order valence-electron chi connectivity index (χ3n) is 4.27. The molecule has 3 heterocycles. The van der Waals surface area contributed by atoms with Gasteiger partial charge in [-0.25, -0.2) is 15.0 Å². The molecule has 140 valence electrons. The molecule has 1 aliphatic heterocycles. The number of fused-ring (bicyclic) bond motifs is 1. The molecule has 3 aromatic rings. The maximum atomic E-state index is 10.2. The molecule has 0 saturated carbocycles. The first-order valence-corrected chi connectivity index (χ1v) is 8.15. The van der Waals surface area contributed by atoms with Crippen LogP contribution in [0.5, 0.6) is 5.75 Å². The fourth-order valence-corrected chi connectivity index (χ4v) is 2.86. The average molecular weight is 371 g/mol. The number of nitrogens with zero attached hydrogens (tertiary/aromatic N) is 4. The number of phenols is 1. The minimum Gasteiger partial charge on any atom is -0.508 e. The largest absolute Gasteiger partial charge is 0.508 e. The van der Waals surface area contributed by atoms with Crippen molar-refractivity contribution in [2.75, 3.05) is 11.9 Å². The second-order valence-electron chi connectivity index (χ2n) is 5.99. The lowest BCUT2D eigenvalue weighted by molar-refractivity contribution is -0.0119. The summed E-state index contributed by atoms with van der Waals surface area (Å²) in [5.74, 6) is 0.174. The lowest BCUT2D eigenvalue weighted by Crippen LogP contribution is -2.22. The molecule has 10 heteroatoms. The molecule has 0 bridgehead atoms. The minimum atomic E-state index is -1.34. The van der Waals surface area contributed by atoms with Gasteiger partial charge in [0.1, 0.15) is 25.0 Å². The van der Waals surface area contributed by atoms with Gasteiger partial charge in [0.2, 0.25) is 6.23 Å². The van der Waals surface area contributed by atoms with Crippen LogP contribution in [0.2, 0.25) is 0 Å². The molecule has 0 radical (unpaired) electrons. The van der Waals surface area contributed by atoms with Crippen molar-refractivity contribution in [2.45, 2.75) is 18.9 Å². The number of rotatable bonds is 5. The van der Waals surface area contributed by atoms with Gasteiger partial charge >= 0.3 is 0 Å². The normalized spacial score (nSPS) is 19.5. The molecule has 1 aliphatic rings. The number of nitrogens with one attached hydrogen (secondary N) is 1. The van der Waals surface area contributed by atoms with Crippen molar-refractivity contribution in [1.82, 2.24) is 19.5 Å². The Kier molecular flexibility index (Phi) is 4.26. The molecule has 0 aliphatic carbocycles. The van der Waals surface area contributed by atoms with E-state index in [-0.39, 0.29) is 11.5 Å². The molecule has 0 saturated heterocycles. The van der Waals surface area contributed by atoms with Crippen molar-refractivity contribution in [3.05, 3.63) is 54.0 Å². The SMILES string of the molecule is OCC1=C(O)C(O)[C@H](n2cnc3c(NCc4ccc(O)cc4)ncnc32)O1. The summed E-state index contributed by atoms with van der Waals surface area (Å²) in [5, 5.41) is 41.7. The van der Waals surface area contributed by atoms with Gasteiger partial charge in [-0.2, -0.15) is 0 Å². The second-order valence-corrected chi connectivity index (χ2v) is 5.99. The van der Waals surface area contributed by atoms with E-state index in [1.54, 1.807) is 24.3 Å². The summed E-state index contributed by atoms with van der Waals surface area (Å²) < 4.78 is 6.88. The van der Waals surface area contributed by atoms with Crippen LogP contribution in [0, 0.1) is 0 Å². The van der Waals surface area contributed by atoms with E-state index in [1.807, 2.05) is 0 Å². The number of aromatic hydroxyl groups is 1. The third-order valence-corrected chi connectivity index (χ3v) is 4.27. The van der Waals surface area contributed by atoms with E-state index in [1.165, 1.54) is 17.2 Å². The summed E-state index contributed by atoms with van der Waals surface area (Å²) in [6.07, 6.45) is 0.443. The van der Waals surface area contributed by atoms with E-state index < -0.39 is 24.7 Å². The molecular weight excluding hydrogens is 354 g/mol. The third kappa shape index (κ3) is 3.00. The van der Waals surface area contributed by atoms with Gasteiger partial charge in [-0.05, 0) is 17.7 Å². The number of aliphatic hydroxyl groups is 3. The Morgan fingerprint density at radius 1 is 1.11 bits per heavy atom. The monoisotopic (exact) mass is 371 g/mol. The van der Waals surface area contributed by atoms with E-state index in [0.29, 0.717) is 23.5 Å². The van der Waals surface area contributed by atoms with Crippen molar-refractivity contribution in [3.63, 3.8) is 0 Å². The molecule has 0 spiro atoms. The number of hydrogen-bond donors (Lipinski definition) is 5. The molecular formula is C17H17N5O5. The van der Waals surface area contributed by atoms with Crippen molar-refractivity contribution < 1.29 is 25.2 Å². The van der Waals surface area contributed by atoms with Crippen molar-refractivity contribution in [3.8, 4) is 5.75 Å². The van der Waals surface area contributed by atoms with Crippen molar-refractivity contribution in [1.29, 1.82) is 0 Å². The number of anilines is 1. The van der Waals surface area contributed by atoms with Crippen molar-refractivity contribution in [2.24, 2.45) is 0 Å². The van der Waals surface area contributed by atoms with Crippen LogP contribution in [0.1, 0.15) is 11.8 Å². The van der Waals surface area contributed by atoms with Gasteiger partial charge in [-0.15, -0.1) is 0 Å². The number of benzene rings is 1. The Morgan fingerprint density at radius 2 is 1.89 bits per heavy atom. The first-order valence-electron chi connectivity index (χ1n) is 8.15. The molecule has 2 aromatic heterocycles. The molecule has 5 N–H and O–H groups in total. The quantitative estimate of drug-likeness (QED) is 0.439. The molecule has 0 fully saturated rings. The van der Waals surface area contributed by atoms with Crippen LogP contribution < -0.4 is 5.32 Å². The van der Waals surface area contributed by atoms with Gasteiger partial charge in [0.25, 0.3) is 0 Å². The topological polar surface area (TPSA) is 146 Å². The summed E-state index contributed by atoms with van der Waals surface area (Å²) in [5.41, 5.74) is 1.80. The van der Waals surface area contributed by atoms with Crippen LogP contribution in [0.25, 0.3) is 11.2 Å². The standard InChI is InChI=1S/C17H17N5O5/c23-6-11-13(25)14(26)17(27-11)22-8-21-12-15(19-7-20-16(12)22)18-5-9-1-3-10(24)4-2-9/h1-4,7-8,14,17,23-26H,5-6H2,(H,18,19,20)/t14?,17-/m1/s1. The smallest absolute Gasteiger partial charge is 0.211 e. The average Bonchev–Trinajstić information content (AvgIpc) is 3.23. The molecule has 10 nitrogen and oxygen atoms in total. The fraction of sp³-hybridized carbons (Fsp3) is 0.235. The Morgan fingerprint density at radius 3 is 2.59 bits per heavy atom. The first kappa shape index (κ1) is 17.1. The predicted molar refractivity (Wildman–Crippen MR) is 93.6 cm³/mol. The number of aromatic nitrogens is 4. The molecule has 1 aromatic carbocycles. The first-order chi connectivity index (χ1) is 13.1. The summed E-state index contributed by atoms with van der Waals surface area (Å²) in [6.45, 7) is -0.0702. The van der Waals surface area contributed by atoms with Gasteiger partial charge in [-0.3, -0.25) is 4.57 Å². The maximum absolute atomic E-state index is 10.2. The molecule has 4 rings (SSSR count). The van der Waals surface area contributed by atoms with Gasteiger partial charge in [0, 0.05) is 6.54 Å². The predicted octanol–water partition coefficient (Wildman–Crippen LogP) is 0.796. The van der Waals surface area contributed by atoms with Crippen molar-refractivity contribution >= 4 is 17.0 Å². The summed E-state index contributed by atoms with van der Waals surface area (Å²) in [6, 6.07) is 6.76. The molecule has 0 amide bonds. The van der Waals surface area contributed by atoms with Gasteiger partial charge < -0.3 is 30.5 Å². The molecule has 27 heavy (non-hydrogen) atoms. The highest BCUT2D eigenvalue weighted by atomic mass is 16.5.